The van der Waals surface area contributed by atoms with Gasteiger partial charge in [-0.3, -0.25) is 9.78 Å². The molecule has 0 saturated heterocycles. The summed E-state index contributed by atoms with van der Waals surface area (Å²) in [6.45, 7) is 2.59. The van der Waals surface area contributed by atoms with Gasteiger partial charge in [0.15, 0.2) is 6.61 Å². The zero-order chi connectivity index (χ0) is 14.4. The monoisotopic (exact) mass is 271 g/mol. The molecule has 2 rings (SSSR count). The Labute approximate surface area is 117 Å². The molecule has 0 aliphatic carbocycles. The molecule has 1 aromatic carbocycles. The molecule has 0 radical (unpaired) electrons. The molecule has 1 heterocycles. The van der Waals surface area contributed by atoms with Crippen molar-refractivity contribution in [2.75, 3.05) is 11.9 Å². The van der Waals surface area contributed by atoms with E-state index in [-0.39, 0.29) is 6.61 Å². The van der Waals surface area contributed by atoms with Gasteiger partial charge in [0.05, 0.1) is 5.69 Å². The summed E-state index contributed by atoms with van der Waals surface area (Å²) in [5.74, 6) is 0.146. The first kappa shape index (κ1) is 13.9. The lowest BCUT2D eigenvalue weighted by Crippen LogP contribution is -2.19. The lowest BCUT2D eigenvalue weighted by Gasteiger charge is -2.08. The molecule has 0 saturated carbocycles. The Bertz CT molecular complexity index is 582. The Balaban J connectivity index is 1.89. The first-order valence-electron chi connectivity index (χ1n) is 6.29. The Morgan fingerprint density at radius 3 is 2.70 bits per heavy atom. The quantitative estimate of drug-likeness (QED) is 0.840. The number of nitrogens with one attached hydrogen (secondary N) is 1. The number of carbonyl (C=O) groups is 1. The van der Waals surface area contributed by atoms with Crippen LogP contribution in [0.2, 0.25) is 0 Å². The number of pyridine rings is 1. The second-order valence-corrected chi connectivity index (χ2v) is 4.50. The van der Waals surface area contributed by atoms with Crippen LogP contribution in [0.4, 0.5) is 5.69 Å². The standard InChI is InChI=1S/C15H17N3O2/c1-11-6-13(9-17-7-11)18-8-12-2-4-14(5-3-12)20-10-15(16)19/h2-7,9,18H,8,10H2,1H3,(H2,16,19). The molecular formula is C15H17N3O2. The topological polar surface area (TPSA) is 77.2 Å². The van der Waals surface area contributed by atoms with Crippen molar-refractivity contribution in [2.24, 2.45) is 5.73 Å². The van der Waals surface area contributed by atoms with Crippen molar-refractivity contribution in [3.05, 3.63) is 53.9 Å². The van der Waals surface area contributed by atoms with Gasteiger partial charge in [-0.15, -0.1) is 0 Å². The van der Waals surface area contributed by atoms with Crippen molar-refractivity contribution >= 4 is 11.6 Å². The summed E-state index contributed by atoms with van der Waals surface area (Å²) in [6.07, 6.45) is 3.60. The van der Waals surface area contributed by atoms with Crippen molar-refractivity contribution in [2.45, 2.75) is 13.5 Å². The van der Waals surface area contributed by atoms with E-state index in [2.05, 4.69) is 10.3 Å². The lowest BCUT2D eigenvalue weighted by molar-refractivity contribution is -0.119. The van der Waals surface area contributed by atoms with Gasteiger partial charge in [0, 0.05) is 18.9 Å². The van der Waals surface area contributed by atoms with Gasteiger partial charge in [0.1, 0.15) is 5.75 Å². The van der Waals surface area contributed by atoms with Crippen molar-refractivity contribution in [3.8, 4) is 5.75 Å². The normalized spacial score (nSPS) is 10.1. The van der Waals surface area contributed by atoms with Crippen molar-refractivity contribution < 1.29 is 9.53 Å². The van der Waals surface area contributed by atoms with E-state index in [0.717, 1.165) is 16.8 Å². The molecule has 5 nitrogen and oxygen atoms in total. The second-order valence-electron chi connectivity index (χ2n) is 4.50. The summed E-state index contributed by atoms with van der Waals surface area (Å²) < 4.78 is 5.20. The molecule has 0 bridgehead atoms. The molecule has 1 aromatic heterocycles. The Morgan fingerprint density at radius 1 is 1.30 bits per heavy atom. The van der Waals surface area contributed by atoms with E-state index in [1.54, 1.807) is 6.20 Å². The van der Waals surface area contributed by atoms with Crippen molar-refractivity contribution in [1.82, 2.24) is 4.98 Å². The number of anilines is 1. The van der Waals surface area contributed by atoms with E-state index in [9.17, 15) is 4.79 Å². The molecule has 3 N–H and O–H groups in total. The van der Waals surface area contributed by atoms with Gasteiger partial charge < -0.3 is 15.8 Å². The Hall–Kier alpha value is -2.56. The maximum atomic E-state index is 10.6. The molecule has 0 aliphatic rings. The van der Waals surface area contributed by atoms with Gasteiger partial charge in [0.25, 0.3) is 5.91 Å². The zero-order valence-corrected chi connectivity index (χ0v) is 11.3. The molecule has 104 valence electrons. The summed E-state index contributed by atoms with van der Waals surface area (Å²) in [5, 5.41) is 3.29. The summed E-state index contributed by atoms with van der Waals surface area (Å²) in [4.78, 5) is 14.7. The van der Waals surface area contributed by atoms with Crippen LogP contribution >= 0.6 is 0 Å². The van der Waals surface area contributed by atoms with E-state index in [0.29, 0.717) is 12.3 Å². The molecule has 0 fully saturated rings. The van der Waals surface area contributed by atoms with Crippen LogP contribution in [0.5, 0.6) is 5.75 Å². The molecule has 0 unspecified atom stereocenters. The van der Waals surface area contributed by atoms with Crippen molar-refractivity contribution in [1.29, 1.82) is 0 Å². The van der Waals surface area contributed by atoms with Crippen LogP contribution in [0, 0.1) is 6.92 Å². The molecule has 5 heteroatoms. The third-order valence-electron chi connectivity index (χ3n) is 2.68. The number of nitrogens with zero attached hydrogens (tertiary/aromatic N) is 1. The molecule has 1 amide bonds. The minimum Gasteiger partial charge on any atom is -0.484 e. The first-order chi connectivity index (χ1) is 9.63. The number of primary amides is 1. The van der Waals surface area contributed by atoms with Crippen LogP contribution < -0.4 is 15.8 Å². The maximum Gasteiger partial charge on any atom is 0.255 e. The first-order valence-corrected chi connectivity index (χ1v) is 6.29. The fourth-order valence-corrected chi connectivity index (χ4v) is 1.71. The van der Waals surface area contributed by atoms with Gasteiger partial charge >= 0.3 is 0 Å². The minimum atomic E-state index is -0.484. The van der Waals surface area contributed by atoms with E-state index >= 15 is 0 Å². The van der Waals surface area contributed by atoms with Gasteiger partial charge in [-0.1, -0.05) is 12.1 Å². The summed E-state index contributed by atoms with van der Waals surface area (Å²) in [6, 6.07) is 9.54. The number of aromatic nitrogens is 1. The summed E-state index contributed by atoms with van der Waals surface area (Å²) in [7, 11) is 0. The summed E-state index contributed by atoms with van der Waals surface area (Å²) in [5.41, 5.74) is 8.22. The SMILES string of the molecule is Cc1cncc(NCc2ccc(OCC(N)=O)cc2)c1. The van der Waals surface area contributed by atoms with Crippen LogP contribution in [0.15, 0.2) is 42.7 Å². The van der Waals surface area contributed by atoms with Gasteiger partial charge in [-0.2, -0.15) is 0 Å². The summed E-state index contributed by atoms with van der Waals surface area (Å²) >= 11 is 0. The number of nitrogens with two attached hydrogens (primary N) is 1. The number of benzene rings is 1. The minimum absolute atomic E-state index is 0.105. The highest BCUT2D eigenvalue weighted by Gasteiger charge is 1.99. The van der Waals surface area contributed by atoms with Crippen LogP contribution in [-0.2, 0) is 11.3 Å². The van der Waals surface area contributed by atoms with Crippen molar-refractivity contribution in [3.63, 3.8) is 0 Å². The fourth-order valence-electron chi connectivity index (χ4n) is 1.71. The van der Waals surface area contributed by atoms with E-state index in [4.69, 9.17) is 10.5 Å². The van der Waals surface area contributed by atoms with Crippen LogP contribution in [0.3, 0.4) is 0 Å². The smallest absolute Gasteiger partial charge is 0.255 e. The van der Waals surface area contributed by atoms with E-state index in [1.165, 1.54) is 0 Å². The number of hydrogen-bond donors (Lipinski definition) is 2. The highest BCUT2D eigenvalue weighted by molar-refractivity contribution is 5.75. The largest absolute Gasteiger partial charge is 0.484 e. The van der Waals surface area contributed by atoms with Crippen LogP contribution in [-0.4, -0.2) is 17.5 Å². The fraction of sp³-hybridized carbons (Fsp3) is 0.200. The predicted molar refractivity (Wildman–Crippen MR) is 77.4 cm³/mol. The van der Waals surface area contributed by atoms with E-state index < -0.39 is 5.91 Å². The number of carbonyl (C=O) groups excluding carboxylic acids is 1. The highest BCUT2D eigenvalue weighted by atomic mass is 16.5. The number of aryl methyl sites for hydroxylation is 1. The average molecular weight is 271 g/mol. The van der Waals surface area contributed by atoms with Gasteiger partial charge in [-0.05, 0) is 36.2 Å². The molecule has 0 aliphatic heterocycles. The molecular weight excluding hydrogens is 254 g/mol. The number of amides is 1. The van der Waals surface area contributed by atoms with Gasteiger partial charge in [-0.25, -0.2) is 0 Å². The zero-order valence-electron chi connectivity index (χ0n) is 11.3. The maximum absolute atomic E-state index is 10.6. The van der Waals surface area contributed by atoms with Gasteiger partial charge in [0.2, 0.25) is 0 Å². The van der Waals surface area contributed by atoms with Crippen LogP contribution in [0.1, 0.15) is 11.1 Å². The third-order valence-corrected chi connectivity index (χ3v) is 2.68. The molecule has 0 atom stereocenters. The molecule has 20 heavy (non-hydrogen) atoms. The predicted octanol–water partition coefficient (Wildman–Crippen LogP) is 1.87. The second kappa shape index (κ2) is 6.56. The number of rotatable bonds is 6. The van der Waals surface area contributed by atoms with Crippen LogP contribution in [0.25, 0.3) is 0 Å². The number of ether oxygens (including phenoxy) is 1. The number of hydrogen-bond acceptors (Lipinski definition) is 4. The Morgan fingerprint density at radius 2 is 2.05 bits per heavy atom. The third kappa shape index (κ3) is 4.28. The average Bonchev–Trinajstić information content (AvgIpc) is 2.44. The highest BCUT2D eigenvalue weighted by Crippen LogP contribution is 2.14. The lowest BCUT2D eigenvalue weighted by atomic mass is 10.2. The van der Waals surface area contributed by atoms with E-state index in [1.807, 2.05) is 43.5 Å². The Kier molecular flexibility index (Phi) is 4.55. The molecule has 2 aromatic rings. The molecule has 0 spiro atoms.